The van der Waals surface area contributed by atoms with Crippen LogP contribution in [0.1, 0.15) is 55.1 Å². The summed E-state index contributed by atoms with van der Waals surface area (Å²) in [5.74, 6) is -0.0920. The van der Waals surface area contributed by atoms with E-state index in [1.165, 1.54) is 31.2 Å². The van der Waals surface area contributed by atoms with Crippen LogP contribution in [0.4, 0.5) is 10.5 Å². The van der Waals surface area contributed by atoms with Crippen LogP contribution in [0.3, 0.4) is 0 Å². The highest BCUT2D eigenvalue weighted by molar-refractivity contribution is 7.90. The number of urea groups is 1. The fraction of sp³-hybridized carbons (Fsp3) is 0.300. The van der Waals surface area contributed by atoms with E-state index in [0.29, 0.717) is 12.1 Å². The van der Waals surface area contributed by atoms with Crippen LogP contribution >= 0.6 is 0 Å². The van der Waals surface area contributed by atoms with Gasteiger partial charge in [0.1, 0.15) is 0 Å². The van der Waals surface area contributed by atoms with Crippen molar-refractivity contribution in [3.63, 3.8) is 0 Å². The van der Waals surface area contributed by atoms with E-state index in [9.17, 15) is 18.0 Å². The van der Waals surface area contributed by atoms with Gasteiger partial charge in [-0.05, 0) is 42.5 Å². The second-order valence-corrected chi connectivity index (χ2v) is 8.22. The molecule has 2 rings (SSSR count). The second kappa shape index (κ2) is 8.35. The molecule has 2 amide bonds. The highest BCUT2D eigenvalue weighted by Gasteiger charge is 2.20. The number of anilines is 1. The minimum atomic E-state index is -4.10. The molecule has 27 heavy (non-hydrogen) atoms. The number of para-hydroxylation sites is 1. The molecular weight excluding hydrogens is 364 g/mol. The smallest absolute Gasteiger partial charge is 0.307 e. The Bertz CT molecular complexity index is 966. The van der Waals surface area contributed by atoms with E-state index in [2.05, 4.69) is 5.32 Å². The van der Waals surface area contributed by atoms with Gasteiger partial charge in [-0.2, -0.15) is 0 Å². The molecule has 0 saturated heterocycles. The maximum absolute atomic E-state index is 12.5. The van der Waals surface area contributed by atoms with Crippen molar-refractivity contribution < 1.29 is 18.0 Å². The van der Waals surface area contributed by atoms with Crippen LogP contribution in [0.2, 0.25) is 0 Å². The first-order valence-electron chi connectivity index (χ1n) is 8.72. The molecule has 0 fully saturated rings. The minimum absolute atomic E-state index is 0.141. The Hall–Kier alpha value is -2.67. The number of hydrogen-bond donors (Lipinski definition) is 2. The molecule has 0 heterocycles. The first-order valence-corrected chi connectivity index (χ1v) is 10.2. The summed E-state index contributed by atoms with van der Waals surface area (Å²) in [5.41, 5.74) is 2.74. The van der Waals surface area contributed by atoms with Crippen molar-refractivity contribution in [2.24, 2.45) is 0 Å². The molecule has 0 spiro atoms. The molecule has 2 N–H and O–H groups in total. The van der Waals surface area contributed by atoms with E-state index < -0.39 is 16.1 Å². The van der Waals surface area contributed by atoms with E-state index in [-0.39, 0.29) is 22.2 Å². The largest absolute Gasteiger partial charge is 0.333 e. The third kappa shape index (κ3) is 4.95. The van der Waals surface area contributed by atoms with Crippen LogP contribution in [0.5, 0.6) is 0 Å². The number of carbonyl (C=O) groups is 2. The van der Waals surface area contributed by atoms with Crippen LogP contribution in [-0.4, -0.2) is 20.2 Å². The average molecular weight is 388 g/mol. The lowest BCUT2D eigenvalue weighted by Gasteiger charge is -2.18. The number of ketones is 1. The highest BCUT2D eigenvalue weighted by Crippen LogP contribution is 2.28. The van der Waals surface area contributed by atoms with Gasteiger partial charge >= 0.3 is 6.03 Å². The number of amides is 2. The van der Waals surface area contributed by atoms with Crippen molar-refractivity contribution in [1.29, 1.82) is 0 Å². The average Bonchev–Trinajstić information content (AvgIpc) is 2.61. The zero-order chi connectivity index (χ0) is 20.2. The Morgan fingerprint density at radius 3 is 2.33 bits per heavy atom. The van der Waals surface area contributed by atoms with Crippen molar-refractivity contribution in [2.75, 3.05) is 5.32 Å². The summed E-state index contributed by atoms with van der Waals surface area (Å²) < 4.78 is 27.0. The lowest BCUT2D eigenvalue weighted by Crippen LogP contribution is -2.35. The number of hydrogen-bond acceptors (Lipinski definition) is 4. The number of carbonyl (C=O) groups excluding carboxylic acids is 2. The van der Waals surface area contributed by atoms with Gasteiger partial charge in [0.15, 0.2) is 5.78 Å². The molecule has 2 aromatic carbocycles. The molecule has 0 aliphatic heterocycles. The van der Waals surface area contributed by atoms with Gasteiger partial charge in [-0.15, -0.1) is 0 Å². The summed E-state index contributed by atoms with van der Waals surface area (Å²) in [6.45, 7) is 7.32. The van der Waals surface area contributed by atoms with E-state index in [4.69, 9.17) is 0 Å². The highest BCUT2D eigenvalue weighted by atomic mass is 32.2. The van der Waals surface area contributed by atoms with Crippen molar-refractivity contribution in [1.82, 2.24) is 4.72 Å². The van der Waals surface area contributed by atoms with Crippen LogP contribution in [0, 0.1) is 0 Å². The molecule has 0 unspecified atom stereocenters. The Kier molecular flexibility index (Phi) is 6.38. The van der Waals surface area contributed by atoms with E-state index in [1.54, 1.807) is 0 Å². The van der Waals surface area contributed by atoms with Gasteiger partial charge in [0.25, 0.3) is 10.0 Å². The van der Waals surface area contributed by atoms with Gasteiger partial charge in [-0.1, -0.05) is 51.1 Å². The van der Waals surface area contributed by atoms with E-state index in [1.807, 2.05) is 43.7 Å². The van der Waals surface area contributed by atoms with Gasteiger partial charge in [0.2, 0.25) is 0 Å². The van der Waals surface area contributed by atoms with Crippen molar-refractivity contribution in [2.45, 2.75) is 44.9 Å². The summed E-state index contributed by atoms with van der Waals surface area (Å²) in [6.07, 6.45) is 0.698. The third-order valence-corrected chi connectivity index (χ3v) is 5.53. The molecule has 0 aromatic heterocycles. The molecule has 0 atom stereocenters. The second-order valence-electron chi connectivity index (χ2n) is 6.53. The number of rotatable bonds is 6. The molecule has 0 aliphatic rings. The first kappa shape index (κ1) is 20.6. The van der Waals surface area contributed by atoms with Crippen LogP contribution < -0.4 is 10.0 Å². The Balaban J connectivity index is 2.28. The quantitative estimate of drug-likeness (QED) is 0.729. The normalized spacial score (nSPS) is 11.3. The van der Waals surface area contributed by atoms with Crippen molar-refractivity contribution >= 4 is 27.5 Å². The van der Waals surface area contributed by atoms with Gasteiger partial charge in [-0.3, -0.25) is 4.79 Å². The van der Waals surface area contributed by atoms with E-state index >= 15 is 0 Å². The zero-order valence-electron chi connectivity index (χ0n) is 15.9. The summed E-state index contributed by atoms with van der Waals surface area (Å²) in [7, 11) is -4.10. The number of aryl methyl sites for hydroxylation is 1. The van der Waals surface area contributed by atoms with Crippen LogP contribution in [-0.2, 0) is 16.4 Å². The van der Waals surface area contributed by atoms with Crippen LogP contribution in [0.25, 0.3) is 0 Å². The van der Waals surface area contributed by atoms with Gasteiger partial charge in [0, 0.05) is 11.3 Å². The SMILES string of the molecule is CCc1cccc(C(C)C)c1NC(=O)NS(=O)(=O)c1cccc(C(C)=O)c1. The zero-order valence-corrected chi connectivity index (χ0v) is 16.7. The third-order valence-electron chi connectivity index (χ3n) is 4.20. The predicted molar refractivity (Wildman–Crippen MR) is 106 cm³/mol. The fourth-order valence-electron chi connectivity index (χ4n) is 2.75. The minimum Gasteiger partial charge on any atom is -0.307 e. The monoisotopic (exact) mass is 388 g/mol. The maximum Gasteiger partial charge on any atom is 0.333 e. The maximum atomic E-state index is 12.5. The molecule has 0 radical (unpaired) electrons. The molecule has 144 valence electrons. The Labute approximate surface area is 160 Å². The Morgan fingerprint density at radius 2 is 1.74 bits per heavy atom. The number of Topliss-reactive ketones (excluding diaryl/α,β-unsaturated/α-hetero) is 1. The molecule has 6 nitrogen and oxygen atoms in total. The fourth-order valence-corrected chi connectivity index (χ4v) is 3.70. The van der Waals surface area contributed by atoms with E-state index in [0.717, 1.165) is 11.1 Å². The predicted octanol–water partition coefficient (Wildman–Crippen LogP) is 4.09. The topological polar surface area (TPSA) is 92.3 Å². The molecular formula is C20H24N2O4S. The number of nitrogens with one attached hydrogen (secondary N) is 2. The summed E-state index contributed by atoms with van der Waals surface area (Å²) >= 11 is 0. The number of sulfonamides is 1. The summed E-state index contributed by atoms with van der Waals surface area (Å²) in [6, 6.07) is 10.4. The Morgan fingerprint density at radius 1 is 1.07 bits per heavy atom. The van der Waals surface area contributed by atoms with Crippen molar-refractivity contribution in [3.8, 4) is 0 Å². The van der Waals surface area contributed by atoms with Gasteiger partial charge < -0.3 is 5.32 Å². The lowest BCUT2D eigenvalue weighted by atomic mass is 9.97. The lowest BCUT2D eigenvalue weighted by molar-refractivity contribution is 0.101. The molecule has 0 bridgehead atoms. The first-order chi connectivity index (χ1) is 12.7. The molecule has 2 aromatic rings. The number of benzene rings is 2. The van der Waals surface area contributed by atoms with Gasteiger partial charge in [-0.25, -0.2) is 17.9 Å². The summed E-state index contributed by atoms with van der Waals surface area (Å²) in [4.78, 5) is 23.7. The molecule has 7 heteroatoms. The molecule has 0 aliphatic carbocycles. The standard InChI is InChI=1S/C20H24N2O4S/c1-5-15-8-7-11-18(13(2)3)19(15)21-20(24)22-27(25,26)17-10-6-9-16(12-17)14(4)23/h6-13H,5H2,1-4H3,(H2,21,22,24). The molecule has 0 saturated carbocycles. The van der Waals surface area contributed by atoms with Crippen LogP contribution in [0.15, 0.2) is 47.4 Å². The van der Waals surface area contributed by atoms with Crippen molar-refractivity contribution in [3.05, 3.63) is 59.2 Å². The summed E-state index contributed by atoms with van der Waals surface area (Å²) in [5, 5.41) is 2.68. The van der Waals surface area contributed by atoms with Gasteiger partial charge in [0.05, 0.1) is 4.90 Å².